The van der Waals surface area contributed by atoms with Crippen LogP contribution in [0, 0.1) is 0 Å². The van der Waals surface area contributed by atoms with E-state index in [0.717, 1.165) is 6.07 Å². The maximum atomic E-state index is 13.3. The summed E-state index contributed by atoms with van der Waals surface area (Å²) < 4.78 is 166. The Bertz CT molecular complexity index is 2080. The normalized spacial score (nSPS) is 12.9. The van der Waals surface area contributed by atoms with E-state index in [1.807, 2.05) is 0 Å². The number of nitrogens with one attached hydrogen (secondary N) is 1. The predicted molar refractivity (Wildman–Crippen MR) is 165 cm³/mol. The van der Waals surface area contributed by atoms with Gasteiger partial charge in [-0.2, -0.15) is 57.8 Å². The standard InChI is InChI=1S/C34H20ClF12N3O2/c35-27-12-20(4-5-29(27)52-17-19-10-24(33(42,43)44)14-25(11-19)34(45,46)47)30(51)49-48-15-21-2-1-3-28-26(21)6-7-50(28)16-18-8-22(31(36,37)38)13-23(9-18)32(39,40)41/h1-15H,16-17H2,(H,49,51)/b48-15+. The molecule has 4 aromatic carbocycles. The van der Waals surface area contributed by atoms with E-state index >= 15 is 0 Å². The van der Waals surface area contributed by atoms with Crippen LogP contribution < -0.4 is 10.2 Å². The highest BCUT2D eigenvalue weighted by molar-refractivity contribution is 6.32. The van der Waals surface area contributed by atoms with Gasteiger partial charge in [0.1, 0.15) is 12.4 Å². The summed E-state index contributed by atoms with van der Waals surface area (Å²) in [5.74, 6) is -0.934. The molecule has 0 aliphatic heterocycles. The Balaban J connectivity index is 1.27. The van der Waals surface area contributed by atoms with Crippen LogP contribution in [0.25, 0.3) is 10.9 Å². The van der Waals surface area contributed by atoms with E-state index in [9.17, 15) is 57.5 Å². The third kappa shape index (κ3) is 8.99. The van der Waals surface area contributed by atoms with E-state index in [0.29, 0.717) is 40.7 Å². The lowest BCUT2D eigenvalue weighted by atomic mass is 10.0. The fourth-order valence-electron chi connectivity index (χ4n) is 5.05. The SMILES string of the molecule is O=C(N/N=C/c1cccc2c1ccn2Cc1cc(C(F)(F)F)cc(C(F)(F)F)c1)c1ccc(OCc2cc(C(F)(F)F)cc(C(F)(F)F)c2)c(Cl)c1. The number of ether oxygens (including phenoxy) is 1. The van der Waals surface area contributed by atoms with Crippen LogP contribution in [-0.4, -0.2) is 16.7 Å². The molecule has 52 heavy (non-hydrogen) atoms. The smallest absolute Gasteiger partial charge is 0.416 e. The van der Waals surface area contributed by atoms with Gasteiger partial charge in [0.15, 0.2) is 0 Å². The second kappa shape index (κ2) is 14.1. The zero-order chi connectivity index (χ0) is 38.2. The Hall–Kier alpha value is -5.19. The van der Waals surface area contributed by atoms with Gasteiger partial charge < -0.3 is 9.30 Å². The van der Waals surface area contributed by atoms with Crippen molar-refractivity contribution >= 4 is 34.6 Å². The maximum absolute atomic E-state index is 13.3. The first-order valence-electron chi connectivity index (χ1n) is 14.5. The van der Waals surface area contributed by atoms with E-state index in [4.69, 9.17) is 16.3 Å². The van der Waals surface area contributed by atoms with E-state index in [1.165, 1.54) is 29.1 Å². The number of fused-ring (bicyclic) bond motifs is 1. The Kier molecular flexibility index (Phi) is 10.3. The summed E-state index contributed by atoms with van der Waals surface area (Å²) in [6.45, 7) is -1.05. The molecular formula is C34H20ClF12N3O2. The summed E-state index contributed by atoms with van der Waals surface area (Å²) in [5.41, 5.74) is -3.58. The molecule has 1 amide bonds. The quantitative estimate of drug-likeness (QED) is 0.0972. The fourth-order valence-corrected chi connectivity index (χ4v) is 5.29. The van der Waals surface area contributed by atoms with Crippen molar-refractivity contribution in [3.63, 3.8) is 0 Å². The van der Waals surface area contributed by atoms with E-state index in [2.05, 4.69) is 10.5 Å². The van der Waals surface area contributed by atoms with Crippen LogP contribution in [-0.2, 0) is 37.9 Å². The molecule has 0 aliphatic rings. The molecule has 0 spiro atoms. The monoisotopic (exact) mass is 765 g/mol. The van der Waals surface area contributed by atoms with Gasteiger partial charge in [0.25, 0.3) is 5.91 Å². The molecule has 1 aromatic heterocycles. The average Bonchev–Trinajstić information content (AvgIpc) is 3.45. The minimum Gasteiger partial charge on any atom is -0.487 e. The van der Waals surface area contributed by atoms with Gasteiger partial charge in [0.05, 0.1) is 33.5 Å². The summed E-state index contributed by atoms with van der Waals surface area (Å²) in [7, 11) is 0. The van der Waals surface area contributed by atoms with Crippen molar-refractivity contribution in [3.05, 3.63) is 135 Å². The second-order valence-corrected chi connectivity index (χ2v) is 11.6. The van der Waals surface area contributed by atoms with Gasteiger partial charge in [-0.15, -0.1) is 0 Å². The van der Waals surface area contributed by atoms with E-state index in [1.54, 1.807) is 24.3 Å². The molecule has 0 unspecified atom stereocenters. The van der Waals surface area contributed by atoms with E-state index in [-0.39, 0.29) is 40.6 Å². The third-order valence-corrected chi connectivity index (χ3v) is 7.75. The second-order valence-electron chi connectivity index (χ2n) is 11.2. The van der Waals surface area contributed by atoms with Crippen molar-refractivity contribution < 1.29 is 62.2 Å². The number of rotatable bonds is 8. The van der Waals surface area contributed by atoms with Crippen molar-refractivity contribution in [1.82, 2.24) is 9.99 Å². The number of halogens is 13. The number of benzene rings is 4. The van der Waals surface area contributed by atoms with Crippen LogP contribution in [0.2, 0.25) is 5.02 Å². The highest BCUT2D eigenvalue weighted by atomic mass is 35.5. The van der Waals surface area contributed by atoms with Crippen molar-refractivity contribution in [1.29, 1.82) is 0 Å². The molecular weight excluding hydrogens is 746 g/mol. The van der Waals surface area contributed by atoms with Gasteiger partial charge in [0.2, 0.25) is 0 Å². The number of hydrogen-bond donors (Lipinski definition) is 1. The van der Waals surface area contributed by atoms with Crippen molar-refractivity contribution in [2.24, 2.45) is 5.10 Å². The number of alkyl halides is 12. The average molecular weight is 766 g/mol. The number of carbonyl (C=O) groups is 1. The van der Waals surface area contributed by atoms with Crippen molar-refractivity contribution in [2.75, 3.05) is 0 Å². The van der Waals surface area contributed by atoms with Crippen molar-refractivity contribution in [3.8, 4) is 5.75 Å². The summed E-state index contributed by atoms with van der Waals surface area (Å²) in [5, 5.41) is 4.18. The molecule has 5 aromatic rings. The molecule has 5 rings (SSSR count). The molecule has 0 bridgehead atoms. The summed E-state index contributed by atoms with van der Waals surface area (Å²) in [4.78, 5) is 12.7. The Labute approximate surface area is 290 Å². The fraction of sp³-hybridized carbons (Fsp3) is 0.176. The van der Waals surface area contributed by atoms with Crippen LogP contribution in [0.15, 0.2) is 90.2 Å². The van der Waals surface area contributed by atoms with Crippen LogP contribution in [0.1, 0.15) is 49.3 Å². The maximum Gasteiger partial charge on any atom is 0.416 e. The zero-order valence-corrected chi connectivity index (χ0v) is 26.5. The first kappa shape index (κ1) is 38.1. The number of carbonyl (C=O) groups excluding carboxylic acids is 1. The molecule has 5 nitrogen and oxygen atoms in total. The summed E-state index contributed by atoms with van der Waals surface area (Å²) >= 11 is 6.15. The predicted octanol–water partition coefficient (Wildman–Crippen LogP) is 10.8. The Morgan fingerprint density at radius 3 is 1.77 bits per heavy atom. The van der Waals surface area contributed by atoms with Gasteiger partial charge in [-0.1, -0.05) is 23.7 Å². The van der Waals surface area contributed by atoms with Crippen LogP contribution in [0.5, 0.6) is 5.75 Å². The lowest BCUT2D eigenvalue weighted by Gasteiger charge is -2.15. The van der Waals surface area contributed by atoms with Crippen LogP contribution in [0.3, 0.4) is 0 Å². The zero-order valence-electron chi connectivity index (χ0n) is 25.7. The summed E-state index contributed by atoms with van der Waals surface area (Å²) in [6.07, 6.45) is -17.4. The first-order valence-corrected chi connectivity index (χ1v) is 14.9. The number of amides is 1. The topological polar surface area (TPSA) is 55.6 Å². The molecule has 1 heterocycles. The van der Waals surface area contributed by atoms with Gasteiger partial charge in [-0.25, -0.2) is 5.43 Å². The highest BCUT2D eigenvalue weighted by Crippen LogP contribution is 2.38. The minimum absolute atomic E-state index is 0.0217. The molecule has 0 fully saturated rings. The number of hydrazone groups is 1. The number of hydrogen-bond acceptors (Lipinski definition) is 3. The molecule has 0 aliphatic carbocycles. The first-order chi connectivity index (χ1) is 24.1. The van der Waals surface area contributed by atoms with Gasteiger partial charge in [-0.05, 0) is 77.9 Å². The van der Waals surface area contributed by atoms with Crippen LogP contribution in [0.4, 0.5) is 52.7 Å². The van der Waals surface area contributed by atoms with E-state index < -0.39 is 65.0 Å². The van der Waals surface area contributed by atoms with Crippen LogP contribution >= 0.6 is 11.6 Å². The largest absolute Gasteiger partial charge is 0.487 e. The Morgan fingerprint density at radius 1 is 0.712 bits per heavy atom. The summed E-state index contributed by atoms with van der Waals surface area (Å²) in [6, 6.07) is 12.1. The molecule has 0 radical (unpaired) electrons. The lowest BCUT2D eigenvalue weighted by molar-refractivity contribution is -0.144. The molecule has 0 saturated heterocycles. The molecule has 18 heteroatoms. The number of aromatic nitrogens is 1. The molecule has 0 atom stereocenters. The molecule has 274 valence electrons. The highest BCUT2D eigenvalue weighted by Gasteiger charge is 2.38. The van der Waals surface area contributed by atoms with Gasteiger partial charge >= 0.3 is 24.7 Å². The lowest BCUT2D eigenvalue weighted by Crippen LogP contribution is -2.17. The Morgan fingerprint density at radius 2 is 1.25 bits per heavy atom. The number of nitrogens with zero attached hydrogens (tertiary/aromatic N) is 2. The molecule has 1 N–H and O–H groups in total. The minimum atomic E-state index is -5.05. The van der Waals surface area contributed by atoms with Gasteiger partial charge in [0, 0.05) is 34.8 Å². The van der Waals surface area contributed by atoms with Gasteiger partial charge in [-0.3, -0.25) is 4.79 Å². The third-order valence-electron chi connectivity index (χ3n) is 7.45. The van der Waals surface area contributed by atoms with Crippen molar-refractivity contribution in [2.45, 2.75) is 37.9 Å². The molecule has 0 saturated carbocycles.